The van der Waals surface area contributed by atoms with Crippen molar-refractivity contribution in [2.45, 2.75) is 31.8 Å². The molecule has 0 aliphatic heterocycles. The van der Waals surface area contributed by atoms with Gasteiger partial charge in [-0.05, 0) is 42.7 Å². The Kier molecular flexibility index (Phi) is 4.51. The standard InChI is InChI=1S/C15H20N2O3S/c1-11-6-12(2)15(7-14(11)8-16)21(18,19)17(3)9-13-4-5-20-10-13/h4-7,10H,8-9,16H2,1-3H3. The van der Waals surface area contributed by atoms with Crippen LogP contribution in [0.4, 0.5) is 0 Å². The average molecular weight is 308 g/mol. The number of nitrogens with two attached hydrogens (primary N) is 1. The molecule has 114 valence electrons. The van der Waals surface area contributed by atoms with E-state index in [0.717, 1.165) is 22.3 Å². The first kappa shape index (κ1) is 15.8. The minimum absolute atomic E-state index is 0.268. The Hall–Kier alpha value is -1.63. The van der Waals surface area contributed by atoms with Gasteiger partial charge in [0.25, 0.3) is 0 Å². The summed E-state index contributed by atoms with van der Waals surface area (Å²) < 4.78 is 31.7. The monoisotopic (exact) mass is 308 g/mol. The maximum atomic E-state index is 12.7. The summed E-state index contributed by atoms with van der Waals surface area (Å²) in [6.07, 6.45) is 3.07. The van der Waals surface area contributed by atoms with E-state index in [1.165, 1.54) is 10.6 Å². The van der Waals surface area contributed by atoms with Crippen LogP contribution in [0, 0.1) is 13.8 Å². The van der Waals surface area contributed by atoms with Crippen molar-refractivity contribution in [3.8, 4) is 0 Å². The van der Waals surface area contributed by atoms with Gasteiger partial charge in [0.05, 0.1) is 17.4 Å². The fourth-order valence-corrected chi connectivity index (χ4v) is 3.68. The third-order valence-electron chi connectivity index (χ3n) is 3.53. The van der Waals surface area contributed by atoms with Crippen LogP contribution in [0.1, 0.15) is 22.3 Å². The van der Waals surface area contributed by atoms with Crippen LogP contribution in [0.2, 0.25) is 0 Å². The molecule has 1 aromatic carbocycles. The first-order valence-electron chi connectivity index (χ1n) is 6.64. The largest absolute Gasteiger partial charge is 0.472 e. The number of hydrogen-bond donors (Lipinski definition) is 1. The molecule has 0 amide bonds. The highest BCUT2D eigenvalue weighted by molar-refractivity contribution is 7.89. The lowest BCUT2D eigenvalue weighted by atomic mass is 10.1. The summed E-state index contributed by atoms with van der Waals surface area (Å²) in [5.41, 5.74) is 9.06. The second-order valence-corrected chi connectivity index (χ2v) is 7.15. The summed E-state index contributed by atoms with van der Waals surface area (Å²) in [6.45, 7) is 4.32. The van der Waals surface area contributed by atoms with E-state index in [2.05, 4.69) is 0 Å². The van der Waals surface area contributed by atoms with E-state index < -0.39 is 10.0 Å². The van der Waals surface area contributed by atoms with Gasteiger partial charge in [-0.1, -0.05) is 6.07 Å². The van der Waals surface area contributed by atoms with Crippen LogP contribution >= 0.6 is 0 Å². The topological polar surface area (TPSA) is 76.5 Å². The molecule has 0 spiro atoms. The van der Waals surface area contributed by atoms with Crippen molar-refractivity contribution in [3.05, 3.63) is 53.0 Å². The van der Waals surface area contributed by atoms with Gasteiger partial charge in [-0.15, -0.1) is 0 Å². The Balaban J connectivity index is 2.39. The summed E-state index contributed by atoms with van der Waals surface area (Å²) in [7, 11) is -2.00. The van der Waals surface area contributed by atoms with Gasteiger partial charge in [0.1, 0.15) is 0 Å². The van der Waals surface area contributed by atoms with Gasteiger partial charge in [0.2, 0.25) is 10.0 Å². The zero-order chi connectivity index (χ0) is 15.6. The van der Waals surface area contributed by atoms with Crippen molar-refractivity contribution in [2.24, 2.45) is 5.73 Å². The Morgan fingerprint density at radius 1 is 1.24 bits per heavy atom. The average Bonchev–Trinajstić information content (AvgIpc) is 2.91. The van der Waals surface area contributed by atoms with Crippen LogP contribution in [0.25, 0.3) is 0 Å². The molecular formula is C15H20N2O3S. The van der Waals surface area contributed by atoms with Crippen molar-refractivity contribution in [3.63, 3.8) is 0 Å². The zero-order valence-corrected chi connectivity index (χ0v) is 13.3. The molecule has 0 atom stereocenters. The molecule has 0 saturated heterocycles. The fourth-order valence-electron chi connectivity index (χ4n) is 2.26. The number of rotatable bonds is 5. The molecule has 5 nitrogen and oxygen atoms in total. The molecular weight excluding hydrogens is 288 g/mol. The van der Waals surface area contributed by atoms with E-state index >= 15 is 0 Å². The number of furan rings is 1. The summed E-state index contributed by atoms with van der Waals surface area (Å²) >= 11 is 0. The number of nitrogens with zero attached hydrogens (tertiary/aromatic N) is 1. The first-order chi connectivity index (χ1) is 9.86. The predicted molar refractivity (Wildman–Crippen MR) is 81.2 cm³/mol. The molecule has 6 heteroatoms. The van der Waals surface area contributed by atoms with Crippen molar-refractivity contribution < 1.29 is 12.8 Å². The third kappa shape index (κ3) is 3.18. The highest BCUT2D eigenvalue weighted by Crippen LogP contribution is 2.24. The Morgan fingerprint density at radius 3 is 2.52 bits per heavy atom. The molecule has 0 aliphatic carbocycles. The van der Waals surface area contributed by atoms with Gasteiger partial charge in [0, 0.05) is 25.7 Å². The second-order valence-electron chi connectivity index (χ2n) is 5.14. The molecule has 2 N–H and O–H groups in total. The maximum absolute atomic E-state index is 12.7. The highest BCUT2D eigenvalue weighted by Gasteiger charge is 2.24. The van der Waals surface area contributed by atoms with E-state index in [9.17, 15) is 8.42 Å². The normalized spacial score (nSPS) is 12.0. The Morgan fingerprint density at radius 2 is 1.95 bits per heavy atom. The molecule has 0 bridgehead atoms. The molecule has 1 heterocycles. The van der Waals surface area contributed by atoms with Gasteiger partial charge < -0.3 is 10.2 Å². The summed E-state index contributed by atoms with van der Waals surface area (Å²) in [6, 6.07) is 5.28. The number of sulfonamides is 1. The smallest absolute Gasteiger partial charge is 0.243 e. The van der Waals surface area contributed by atoms with Crippen LogP contribution in [-0.2, 0) is 23.1 Å². The van der Waals surface area contributed by atoms with Crippen LogP contribution in [0.15, 0.2) is 40.0 Å². The van der Waals surface area contributed by atoms with E-state index in [1.807, 2.05) is 13.0 Å². The molecule has 0 saturated carbocycles. The molecule has 0 aliphatic rings. The van der Waals surface area contributed by atoms with Crippen LogP contribution in [-0.4, -0.2) is 19.8 Å². The lowest BCUT2D eigenvalue weighted by Crippen LogP contribution is -2.27. The second kappa shape index (κ2) is 6.01. The molecule has 1 aromatic heterocycles. The number of benzene rings is 1. The van der Waals surface area contributed by atoms with E-state index in [0.29, 0.717) is 11.4 Å². The van der Waals surface area contributed by atoms with Gasteiger partial charge in [0.15, 0.2) is 0 Å². The number of aryl methyl sites for hydroxylation is 2. The molecule has 0 radical (unpaired) electrons. The van der Waals surface area contributed by atoms with Crippen molar-refractivity contribution in [1.82, 2.24) is 4.31 Å². The SMILES string of the molecule is Cc1cc(C)c(S(=O)(=O)N(C)Cc2ccoc2)cc1CN. The molecule has 0 fully saturated rings. The summed E-state index contributed by atoms with van der Waals surface area (Å²) in [4.78, 5) is 0.305. The highest BCUT2D eigenvalue weighted by atomic mass is 32.2. The van der Waals surface area contributed by atoms with E-state index in [1.54, 1.807) is 32.4 Å². The van der Waals surface area contributed by atoms with Gasteiger partial charge in [-0.2, -0.15) is 4.31 Å². The van der Waals surface area contributed by atoms with Crippen molar-refractivity contribution in [1.29, 1.82) is 0 Å². The maximum Gasteiger partial charge on any atom is 0.243 e. The van der Waals surface area contributed by atoms with Crippen LogP contribution in [0.3, 0.4) is 0 Å². The Bertz CT molecular complexity index is 722. The van der Waals surface area contributed by atoms with Gasteiger partial charge in [-0.3, -0.25) is 0 Å². The van der Waals surface area contributed by atoms with Crippen molar-refractivity contribution in [2.75, 3.05) is 7.05 Å². The third-order valence-corrected chi connectivity index (χ3v) is 5.47. The van der Waals surface area contributed by atoms with Crippen LogP contribution < -0.4 is 5.73 Å². The van der Waals surface area contributed by atoms with E-state index in [-0.39, 0.29) is 6.54 Å². The molecule has 21 heavy (non-hydrogen) atoms. The minimum atomic E-state index is -3.56. The van der Waals surface area contributed by atoms with Crippen molar-refractivity contribution >= 4 is 10.0 Å². The number of hydrogen-bond acceptors (Lipinski definition) is 4. The van der Waals surface area contributed by atoms with Gasteiger partial charge >= 0.3 is 0 Å². The first-order valence-corrected chi connectivity index (χ1v) is 8.08. The molecule has 0 unspecified atom stereocenters. The molecule has 2 rings (SSSR count). The van der Waals surface area contributed by atoms with E-state index in [4.69, 9.17) is 10.2 Å². The fraction of sp³-hybridized carbons (Fsp3) is 0.333. The molecule has 2 aromatic rings. The zero-order valence-electron chi connectivity index (χ0n) is 12.5. The Labute approximate surface area is 125 Å². The van der Waals surface area contributed by atoms with Crippen LogP contribution in [0.5, 0.6) is 0 Å². The lowest BCUT2D eigenvalue weighted by Gasteiger charge is -2.19. The summed E-state index contributed by atoms with van der Waals surface area (Å²) in [5.74, 6) is 0. The predicted octanol–water partition coefficient (Wildman–Crippen LogP) is 2.18. The lowest BCUT2D eigenvalue weighted by molar-refractivity contribution is 0.463. The summed E-state index contributed by atoms with van der Waals surface area (Å²) in [5, 5.41) is 0. The quantitative estimate of drug-likeness (QED) is 0.918. The minimum Gasteiger partial charge on any atom is -0.472 e. The van der Waals surface area contributed by atoms with Gasteiger partial charge in [-0.25, -0.2) is 8.42 Å².